The van der Waals surface area contributed by atoms with Crippen LogP contribution in [0.3, 0.4) is 0 Å². The van der Waals surface area contributed by atoms with E-state index < -0.39 is 12.4 Å². The number of rotatable bonds is 2. The number of hydrogen-bond acceptors (Lipinski definition) is 3. The Labute approximate surface area is 93.1 Å². The van der Waals surface area contributed by atoms with Gasteiger partial charge in [0.1, 0.15) is 6.42 Å². The van der Waals surface area contributed by atoms with E-state index in [0.29, 0.717) is 5.56 Å². The number of nitrogens with two attached hydrogens (primary N) is 1. The van der Waals surface area contributed by atoms with Gasteiger partial charge in [-0.05, 0) is 18.6 Å². The van der Waals surface area contributed by atoms with Crippen molar-refractivity contribution in [2.75, 3.05) is 0 Å². The molecule has 84 valence electrons. The smallest absolute Gasteiger partial charge is 0.317 e. The molecule has 16 heavy (non-hydrogen) atoms. The summed E-state index contributed by atoms with van der Waals surface area (Å²) in [5.74, 6) is -1.43. The number of benzene rings is 1. The van der Waals surface area contributed by atoms with Crippen LogP contribution in [0.15, 0.2) is 24.3 Å². The van der Waals surface area contributed by atoms with Gasteiger partial charge >= 0.3 is 5.97 Å². The van der Waals surface area contributed by atoms with Crippen LogP contribution >= 0.6 is 0 Å². The highest BCUT2D eigenvalue weighted by Crippen LogP contribution is 2.04. The molecule has 1 amide bonds. The first-order valence-electron chi connectivity index (χ1n) is 4.43. The predicted octanol–water partition coefficient (Wildman–Crippen LogP) is 1.08. The minimum atomic E-state index is -1.07. The van der Waals surface area contributed by atoms with Crippen molar-refractivity contribution in [3.8, 4) is 6.07 Å². The molecule has 0 radical (unpaired) electrons. The van der Waals surface area contributed by atoms with Crippen LogP contribution in [0.2, 0.25) is 0 Å². The first-order valence-corrected chi connectivity index (χ1v) is 4.43. The number of carboxylic acids is 1. The highest BCUT2D eigenvalue weighted by Gasteiger charge is 2.00. The van der Waals surface area contributed by atoms with Crippen molar-refractivity contribution in [3.05, 3.63) is 35.4 Å². The number of nitrogens with zero attached hydrogens (tertiary/aromatic N) is 1. The number of carbonyl (C=O) groups excluding carboxylic acids is 1. The monoisotopic (exact) mass is 220 g/mol. The van der Waals surface area contributed by atoms with Crippen molar-refractivity contribution in [1.29, 1.82) is 5.26 Å². The summed E-state index contributed by atoms with van der Waals surface area (Å²) >= 11 is 0. The fourth-order valence-corrected chi connectivity index (χ4v) is 0.917. The Kier molecular flexibility index (Phi) is 5.98. The Balaban J connectivity index is 0.000000325. The maximum Gasteiger partial charge on any atom is 0.317 e. The number of aliphatic carboxylic acids is 1. The molecule has 3 N–H and O–H groups in total. The third kappa shape index (κ3) is 5.40. The van der Waals surface area contributed by atoms with E-state index in [1.54, 1.807) is 12.1 Å². The van der Waals surface area contributed by atoms with E-state index in [9.17, 15) is 9.59 Å². The molecule has 0 aliphatic carbocycles. The van der Waals surface area contributed by atoms with Crippen LogP contribution in [-0.2, 0) is 4.79 Å². The van der Waals surface area contributed by atoms with Crippen LogP contribution < -0.4 is 5.73 Å². The standard InChI is InChI=1S/C8H9NO.C3H3NO2/c1-6-4-2-3-5-7(6)8(9)10;4-2-1-3(5)6/h2-5H,1H3,(H2,9,10);1H2,(H,5,6). The SMILES string of the molecule is Cc1ccccc1C(N)=O.N#CCC(=O)O. The zero-order chi connectivity index (χ0) is 12.6. The second-order valence-corrected chi connectivity index (χ2v) is 2.91. The molecular weight excluding hydrogens is 208 g/mol. The maximum atomic E-state index is 10.6. The number of hydrogen-bond donors (Lipinski definition) is 2. The summed E-state index contributed by atoms with van der Waals surface area (Å²) in [6.45, 7) is 1.86. The highest BCUT2D eigenvalue weighted by atomic mass is 16.4. The van der Waals surface area contributed by atoms with Crippen LogP contribution in [0.5, 0.6) is 0 Å². The van der Waals surface area contributed by atoms with Gasteiger partial charge in [-0.15, -0.1) is 0 Å². The van der Waals surface area contributed by atoms with Gasteiger partial charge in [0.25, 0.3) is 0 Å². The molecule has 5 nitrogen and oxygen atoms in total. The number of carboxylic acid groups (broad SMARTS) is 1. The van der Waals surface area contributed by atoms with E-state index >= 15 is 0 Å². The Morgan fingerprint density at radius 1 is 1.44 bits per heavy atom. The average molecular weight is 220 g/mol. The van der Waals surface area contributed by atoms with Gasteiger partial charge in [0.15, 0.2) is 0 Å². The third-order valence-corrected chi connectivity index (χ3v) is 1.64. The fraction of sp³-hybridized carbons (Fsp3) is 0.182. The molecule has 1 aromatic rings. The average Bonchev–Trinajstić information content (AvgIpc) is 2.18. The Morgan fingerprint density at radius 2 is 2.00 bits per heavy atom. The van der Waals surface area contributed by atoms with Crippen LogP contribution in [0.25, 0.3) is 0 Å². The van der Waals surface area contributed by atoms with E-state index in [4.69, 9.17) is 16.1 Å². The largest absolute Gasteiger partial charge is 0.480 e. The van der Waals surface area contributed by atoms with Crippen LogP contribution in [0.1, 0.15) is 22.3 Å². The number of aryl methyl sites for hydroxylation is 1. The van der Waals surface area contributed by atoms with Gasteiger partial charge in [-0.3, -0.25) is 9.59 Å². The first kappa shape index (κ1) is 13.7. The maximum absolute atomic E-state index is 10.6. The molecule has 0 saturated heterocycles. The highest BCUT2D eigenvalue weighted by molar-refractivity contribution is 5.94. The lowest BCUT2D eigenvalue weighted by Crippen LogP contribution is -2.12. The molecule has 0 unspecified atom stereocenters. The van der Waals surface area contributed by atoms with Gasteiger partial charge in [-0.1, -0.05) is 18.2 Å². The summed E-state index contributed by atoms with van der Waals surface area (Å²) in [5.41, 5.74) is 6.60. The molecule has 0 bridgehead atoms. The second-order valence-electron chi connectivity index (χ2n) is 2.91. The minimum Gasteiger partial charge on any atom is -0.480 e. The molecular formula is C11H12N2O3. The van der Waals surface area contributed by atoms with Crippen molar-refractivity contribution < 1.29 is 14.7 Å². The summed E-state index contributed by atoms with van der Waals surface area (Å²) < 4.78 is 0. The zero-order valence-electron chi connectivity index (χ0n) is 8.80. The lowest BCUT2D eigenvalue weighted by molar-refractivity contribution is -0.135. The van der Waals surface area contributed by atoms with Gasteiger partial charge in [-0.25, -0.2) is 0 Å². The number of nitriles is 1. The van der Waals surface area contributed by atoms with Gasteiger partial charge in [0, 0.05) is 5.56 Å². The van der Waals surface area contributed by atoms with Crippen molar-refractivity contribution in [2.24, 2.45) is 5.73 Å². The van der Waals surface area contributed by atoms with Crippen LogP contribution in [-0.4, -0.2) is 17.0 Å². The fourth-order valence-electron chi connectivity index (χ4n) is 0.917. The molecule has 0 aromatic heterocycles. The molecule has 0 aliphatic rings. The summed E-state index contributed by atoms with van der Waals surface area (Å²) in [5, 5.41) is 15.3. The molecule has 0 atom stereocenters. The molecule has 0 saturated carbocycles. The zero-order valence-corrected chi connectivity index (χ0v) is 8.80. The van der Waals surface area contributed by atoms with Crippen molar-refractivity contribution in [2.45, 2.75) is 13.3 Å². The third-order valence-electron chi connectivity index (χ3n) is 1.64. The van der Waals surface area contributed by atoms with E-state index in [0.717, 1.165) is 5.56 Å². The summed E-state index contributed by atoms with van der Waals surface area (Å²) in [6, 6.07) is 8.72. The predicted molar refractivity (Wildman–Crippen MR) is 57.6 cm³/mol. The minimum absolute atomic E-state index is 0.363. The van der Waals surface area contributed by atoms with Crippen LogP contribution in [0.4, 0.5) is 0 Å². The normalized spacial score (nSPS) is 8.25. The first-order chi connectivity index (χ1) is 7.49. The Hall–Kier alpha value is -2.35. The molecule has 0 spiro atoms. The molecule has 0 aliphatic heterocycles. The summed E-state index contributed by atoms with van der Waals surface area (Å²) in [7, 11) is 0. The number of primary amides is 1. The molecule has 0 heterocycles. The molecule has 5 heteroatoms. The molecule has 0 fully saturated rings. The quantitative estimate of drug-likeness (QED) is 0.777. The van der Waals surface area contributed by atoms with Gasteiger partial charge < -0.3 is 10.8 Å². The lowest BCUT2D eigenvalue weighted by atomic mass is 10.1. The van der Waals surface area contributed by atoms with Gasteiger partial charge in [0.2, 0.25) is 5.91 Å². The summed E-state index contributed by atoms with van der Waals surface area (Å²) in [4.78, 5) is 20.0. The van der Waals surface area contributed by atoms with Crippen molar-refractivity contribution >= 4 is 11.9 Å². The Bertz CT molecular complexity index is 421. The summed E-state index contributed by atoms with van der Waals surface area (Å²) in [6.07, 6.45) is -0.403. The van der Waals surface area contributed by atoms with Crippen molar-refractivity contribution in [3.63, 3.8) is 0 Å². The molecule has 1 rings (SSSR count). The van der Waals surface area contributed by atoms with E-state index in [1.165, 1.54) is 6.07 Å². The lowest BCUT2D eigenvalue weighted by Gasteiger charge is -1.97. The van der Waals surface area contributed by atoms with E-state index in [-0.39, 0.29) is 5.91 Å². The van der Waals surface area contributed by atoms with Gasteiger partial charge in [0.05, 0.1) is 6.07 Å². The van der Waals surface area contributed by atoms with Gasteiger partial charge in [-0.2, -0.15) is 5.26 Å². The second kappa shape index (κ2) is 7.01. The van der Waals surface area contributed by atoms with Crippen molar-refractivity contribution in [1.82, 2.24) is 0 Å². The molecule has 1 aromatic carbocycles. The number of amides is 1. The van der Waals surface area contributed by atoms with Crippen LogP contribution in [0, 0.1) is 18.3 Å². The Morgan fingerprint density at radius 3 is 2.25 bits per heavy atom. The number of carbonyl (C=O) groups is 2. The van der Waals surface area contributed by atoms with E-state index in [1.807, 2.05) is 19.1 Å². The van der Waals surface area contributed by atoms with E-state index in [2.05, 4.69) is 0 Å². The topological polar surface area (TPSA) is 104 Å².